The first-order chi connectivity index (χ1) is 10.9. The number of hydrogen-bond donors (Lipinski definition) is 3. The number of carboxylic acids is 1. The maximum absolute atomic E-state index is 12.6. The van der Waals surface area contributed by atoms with E-state index in [-0.39, 0.29) is 17.1 Å². The van der Waals surface area contributed by atoms with Gasteiger partial charge in [0.1, 0.15) is 0 Å². The van der Waals surface area contributed by atoms with E-state index < -0.39 is 35.9 Å². The zero-order valence-electron chi connectivity index (χ0n) is 13.0. The van der Waals surface area contributed by atoms with Crippen LogP contribution in [0.2, 0.25) is 5.02 Å². The summed E-state index contributed by atoms with van der Waals surface area (Å²) in [6.45, 7) is 2.33. The summed E-state index contributed by atoms with van der Waals surface area (Å²) in [4.78, 5) is 22.8. The van der Waals surface area contributed by atoms with E-state index in [1.807, 2.05) is 0 Å². The number of rotatable bonds is 6. The molecule has 0 bridgehead atoms. The fraction of sp³-hybridized carbons (Fsp3) is 0.467. The number of carbonyl (C=O) groups is 2. The van der Waals surface area contributed by atoms with Gasteiger partial charge in [-0.15, -0.1) is 0 Å². The minimum Gasteiger partial charge on any atom is -0.481 e. The second kappa shape index (κ2) is 7.85. The largest absolute Gasteiger partial charge is 0.481 e. The average Bonchev–Trinajstić information content (AvgIpc) is 2.47. The molecule has 0 unspecified atom stereocenters. The first-order valence-electron chi connectivity index (χ1n) is 7.08. The lowest BCUT2D eigenvalue weighted by Crippen LogP contribution is -2.46. The Bertz CT molecular complexity index is 622. The summed E-state index contributed by atoms with van der Waals surface area (Å²) in [6, 6.07) is 2.64. The van der Waals surface area contributed by atoms with Crippen molar-refractivity contribution >= 4 is 29.2 Å². The van der Waals surface area contributed by atoms with Crippen LogP contribution in [0.5, 0.6) is 0 Å². The van der Waals surface area contributed by atoms with Crippen LogP contribution in [-0.2, 0) is 16.0 Å². The normalized spacial score (nSPS) is 15.5. The molecule has 1 amide bonds. The molecular weight excluding hydrogens is 349 g/mol. The Labute approximate surface area is 142 Å². The minimum absolute atomic E-state index is 0.0848. The first-order valence-corrected chi connectivity index (χ1v) is 7.45. The lowest BCUT2D eigenvalue weighted by atomic mass is 10.00. The van der Waals surface area contributed by atoms with Crippen molar-refractivity contribution < 1.29 is 27.9 Å². The van der Waals surface area contributed by atoms with Gasteiger partial charge in [-0.1, -0.05) is 31.5 Å². The molecule has 0 radical (unpaired) electrons. The van der Waals surface area contributed by atoms with E-state index >= 15 is 0 Å². The topological polar surface area (TPSA) is 92.4 Å². The Balaban J connectivity index is 2.90. The standard InChI is InChI=1S/C15H18ClF3N2O3/c1-7(14(23)24)5-9-3-4-10(16)11(6-9)21-13(22)12(20)8(2)15(17,18)19/h3-4,6-8,12H,5,20H2,1-2H3,(H,21,22)(H,23,24)/t7-,8+,12+/m0/s1. The van der Waals surface area contributed by atoms with E-state index in [2.05, 4.69) is 5.32 Å². The van der Waals surface area contributed by atoms with Gasteiger partial charge in [-0.2, -0.15) is 13.2 Å². The number of alkyl halides is 3. The third-order valence-corrected chi connectivity index (χ3v) is 3.94. The number of hydrogen-bond acceptors (Lipinski definition) is 3. The van der Waals surface area contributed by atoms with Crippen molar-refractivity contribution in [1.29, 1.82) is 0 Å². The highest BCUT2D eigenvalue weighted by Gasteiger charge is 2.42. The number of nitrogens with one attached hydrogen (secondary N) is 1. The zero-order valence-corrected chi connectivity index (χ0v) is 13.8. The van der Waals surface area contributed by atoms with Gasteiger partial charge in [-0.25, -0.2) is 0 Å². The third-order valence-electron chi connectivity index (χ3n) is 3.61. The van der Waals surface area contributed by atoms with Crippen LogP contribution < -0.4 is 11.1 Å². The van der Waals surface area contributed by atoms with Crippen LogP contribution in [-0.4, -0.2) is 29.2 Å². The van der Waals surface area contributed by atoms with Crippen LogP contribution in [0.25, 0.3) is 0 Å². The van der Waals surface area contributed by atoms with Crippen LogP contribution in [0.3, 0.4) is 0 Å². The summed E-state index contributed by atoms with van der Waals surface area (Å²) in [5.74, 6) is -4.70. The maximum atomic E-state index is 12.6. The number of benzene rings is 1. The molecular formula is C15H18ClF3N2O3. The molecule has 0 spiro atoms. The Hall–Kier alpha value is -1.80. The molecule has 1 aromatic rings. The summed E-state index contributed by atoms with van der Waals surface area (Å²) in [6.07, 6.45) is -4.42. The predicted octanol–water partition coefficient (Wildman–Crippen LogP) is 3.07. The maximum Gasteiger partial charge on any atom is 0.393 e. The molecule has 24 heavy (non-hydrogen) atoms. The number of carboxylic acid groups (broad SMARTS) is 1. The van der Waals surface area contributed by atoms with Crippen molar-refractivity contribution in [1.82, 2.24) is 0 Å². The Morgan fingerprint density at radius 3 is 2.42 bits per heavy atom. The molecule has 1 rings (SSSR count). The molecule has 9 heteroatoms. The fourth-order valence-corrected chi connectivity index (χ4v) is 2.05. The monoisotopic (exact) mass is 366 g/mol. The number of carbonyl (C=O) groups excluding carboxylic acids is 1. The molecule has 0 aliphatic carbocycles. The molecule has 134 valence electrons. The van der Waals surface area contributed by atoms with Gasteiger partial charge in [0.05, 0.1) is 28.6 Å². The van der Waals surface area contributed by atoms with Crippen LogP contribution in [0.4, 0.5) is 18.9 Å². The number of anilines is 1. The fourth-order valence-electron chi connectivity index (χ4n) is 1.88. The van der Waals surface area contributed by atoms with Crippen molar-refractivity contribution in [3.05, 3.63) is 28.8 Å². The third kappa shape index (κ3) is 5.38. The van der Waals surface area contributed by atoms with Crippen molar-refractivity contribution in [2.24, 2.45) is 17.6 Å². The highest BCUT2D eigenvalue weighted by atomic mass is 35.5. The lowest BCUT2D eigenvalue weighted by molar-refractivity contribution is -0.176. The van der Waals surface area contributed by atoms with Crippen molar-refractivity contribution in [2.45, 2.75) is 32.5 Å². The molecule has 0 aliphatic rings. The van der Waals surface area contributed by atoms with Crippen LogP contribution in [0.15, 0.2) is 18.2 Å². The second-order valence-corrected chi connectivity index (χ2v) is 6.01. The number of nitrogens with two attached hydrogens (primary N) is 1. The second-order valence-electron chi connectivity index (χ2n) is 5.60. The van der Waals surface area contributed by atoms with E-state index in [1.54, 1.807) is 6.07 Å². The summed E-state index contributed by atoms with van der Waals surface area (Å²) < 4.78 is 37.9. The van der Waals surface area contributed by atoms with Gasteiger partial charge in [0, 0.05) is 0 Å². The van der Waals surface area contributed by atoms with Crippen molar-refractivity contribution in [2.75, 3.05) is 5.32 Å². The SMILES string of the molecule is C[C@H]([C@@H](N)C(=O)Nc1cc(C[C@H](C)C(=O)O)ccc1Cl)C(F)(F)F. The van der Waals surface area contributed by atoms with E-state index in [0.29, 0.717) is 5.56 Å². The highest BCUT2D eigenvalue weighted by molar-refractivity contribution is 6.33. The highest BCUT2D eigenvalue weighted by Crippen LogP contribution is 2.29. The van der Waals surface area contributed by atoms with E-state index in [0.717, 1.165) is 6.92 Å². The molecule has 0 saturated heterocycles. The van der Waals surface area contributed by atoms with Gasteiger partial charge in [0.15, 0.2) is 0 Å². The molecule has 0 saturated carbocycles. The molecule has 0 fully saturated rings. The quantitative estimate of drug-likeness (QED) is 0.721. The Kier molecular flexibility index (Phi) is 6.62. The number of amides is 1. The van der Waals surface area contributed by atoms with Crippen LogP contribution >= 0.6 is 11.6 Å². The molecule has 0 aromatic heterocycles. The van der Waals surface area contributed by atoms with Crippen LogP contribution in [0.1, 0.15) is 19.4 Å². The van der Waals surface area contributed by atoms with E-state index in [9.17, 15) is 22.8 Å². The summed E-state index contributed by atoms with van der Waals surface area (Å²) in [5.41, 5.74) is 6.01. The number of halogens is 4. The van der Waals surface area contributed by atoms with Crippen LogP contribution in [0, 0.1) is 11.8 Å². The van der Waals surface area contributed by atoms with Gasteiger partial charge in [0.25, 0.3) is 0 Å². The molecule has 0 aliphatic heterocycles. The predicted molar refractivity (Wildman–Crippen MR) is 83.8 cm³/mol. The Morgan fingerprint density at radius 1 is 1.33 bits per heavy atom. The smallest absolute Gasteiger partial charge is 0.393 e. The molecule has 5 nitrogen and oxygen atoms in total. The average molecular weight is 367 g/mol. The van der Waals surface area contributed by atoms with Crippen molar-refractivity contribution in [3.8, 4) is 0 Å². The van der Waals surface area contributed by atoms with Gasteiger partial charge in [0.2, 0.25) is 5.91 Å². The van der Waals surface area contributed by atoms with E-state index in [4.69, 9.17) is 22.4 Å². The summed E-state index contributed by atoms with van der Waals surface area (Å²) in [7, 11) is 0. The first kappa shape index (κ1) is 20.2. The van der Waals surface area contributed by atoms with Crippen molar-refractivity contribution in [3.63, 3.8) is 0 Å². The molecule has 4 N–H and O–H groups in total. The van der Waals surface area contributed by atoms with Gasteiger partial charge >= 0.3 is 12.1 Å². The van der Waals surface area contributed by atoms with Gasteiger partial charge in [-0.3, -0.25) is 9.59 Å². The zero-order chi connectivity index (χ0) is 18.7. The summed E-state index contributed by atoms with van der Waals surface area (Å²) >= 11 is 5.92. The Morgan fingerprint density at radius 2 is 1.92 bits per heavy atom. The number of aliphatic carboxylic acids is 1. The van der Waals surface area contributed by atoms with Gasteiger partial charge in [-0.05, 0) is 24.1 Å². The summed E-state index contributed by atoms with van der Waals surface area (Å²) in [5, 5.41) is 11.3. The molecule has 3 atom stereocenters. The molecule has 0 heterocycles. The minimum atomic E-state index is -4.60. The van der Waals surface area contributed by atoms with E-state index in [1.165, 1.54) is 19.1 Å². The molecule has 1 aromatic carbocycles. The lowest BCUT2D eigenvalue weighted by Gasteiger charge is -2.22. The van der Waals surface area contributed by atoms with Gasteiger partial charge < -0.3 is 16.2 Å².